The topological polar surface area (TPSA) is 71.4 Å². The Balaban J connectivity index is 3.09. The average Bonchev–Trinajstić information content (AvgIpc) is 2.18. The Bertz CT molecular complexity index is 471. The van der Waals surface area contributed by atoms with Crippen molar-refractivity contribution in [3.63, 3.8) is 0 Å². The molecule has 0 aliphatic rings. The maximum absolute atomic E-state index is 11.5. The van der Waals surface area contributed by atoms with Crippen LogP contribution in [0.3, 0.4) is 0 Å². The van der Waals surface area contributed by atoms with E-state index in [1.807, 2.05) is 0 Å². The number of carbonyl (C=O) groups is 1. The van der Waals surface area contributed by atoms with Gasteiger partial charge in [-0.05, 0) is 24.3 Å². The van der Waals surface area contributed by atoms with Crippen molar-refractivity contribution < 1.29 is 18.3 Å². The molecule has 0 amide bonds. The van der Waals surface area contributed by atoms with Crippen LogP contribution in [0.15, 0.2) is 41.8 Å². The normalized spacial score (nSPS) is 10.9. The molecule has 0 fully saturated rings. The van der Waals surface area contributed by atoms with Gasteiger partial charge in [-0.25, -0.2) is 13.2 Å². The summed E-state index contributed by atoms with van der Waals surface area (Å²) in [5.41, 5.74) is 0.0625. The lowest BCUT2D eigenvalue weighted by Gasteiger charge is -2.01. The SMILES string of the molecule is C=CCS(=O)(=O)c1ccc(C(=O)O)cc1. The van der Waals surface area contributed by atoms with E-state index in [4.69, 9.17) is 5.11 Å². The van der Waals surface area contributed by atoms with Crippen molar-refractivity contribution in [1.29, 1.82) is 0 Å². The van der Waals surface area contributed by atoms with E-state index >= 15 is 0 Å². The fourth-order valence-corrected chi connectivity index (χ4v) is 2.11. The number of aromatic carboxylic acids is 1. The number of hydrogen-bond acceptors (Lipinski definition) is 3. The maximum atomic E-state index is 11.5. The summed E-state index contributed by atoms with van der Waals surface area (Å²) in [6.45, 7) is 3.34. The number of carboxylic acid groups (broad SMARTS) is 1. The second-order valence-electron chi connectivity index (χ2n) is 2.90. The van der Waals surface area contributed by atoms with Gasteiger partial charge in [0, 0.05) is 0 Å². The van der Waals surface area contributed by atoms with Crippen molar-refractivity contribution in [2.45, 2.75) is 4.90 Å². The smallest absolute Gasteiger partial charge is 0.335 e. The van der Waals surface area contributed by atoms with E-state index in [1.54, 1.807) is 0 Å². The van der Waals surface area contributed by atoms with Crippen LogP contribution in [-0.4, -0.2) is 25.2 Å². The number of carboxylic acids is 1. The van der Waals surface area contributed by atoms with Crippen molar-refractivity contribution in [2.75, 3.05) is 5.75 Å². The predicted octanol–water partition coefficient (Wildman–Crippen LogP) is 1.34. The Labute approximate surface area is 87.8 Å². The lowest BCUT2D eigenvalue weighted by Crippen LogP contribution is -2.05. The van der Waals surface area contributed by atoms with Gasteiger partial charge in [0.2, 0.25) is 0 Å². The molecule has 1 aromatic rings. The molecular formula is C10H10O4S. The zero-order chi connectivity index (χ0) is 11.5. The molecule has 0 aliphatic carbocycles. The third-order valence-corrected chi connectivity index (χ3v) is 3.46. The molecule has 1 aromatic carbocycles. The summed E-state index contributed by atoms with van der Waals surface area (Å²) in [7, 11) is -3.36. The molecule has 0 unspecified atom stereocenters. The molecule has 0 heterocycles. The predicted molar refractivity (Wildman–Crippen MR) is 55.7 cm³/mol. The molecule has 0 aromatic heterocycles. The fourth-order valence-electron chi connectivity index (χ4n) is 1.06. The monoisotopic (exact) mass is 226 g/mol. The van der Waals surface area contributed by atoms with Crippen LogP contribution in [0, 0.1) is 0 Å². The van der Waals surface area contributed by atoms with Crippen LogP contribution in [0.4, 0.5) is 0 Å². The Morgan fingerprint density at radius 1 is 1.33 bits per heavy atom. The minimum absolute atomic E-state index is 0.0625. The van der Waals surface area contributed by atoms with Crippen molar-refractivity contribution in [3.05, 3.63) is 42.5 Å². The van der Waals surface area contributed by atoms with E-state index in [1.165, 1.54) is 30.3 Å². The molecule has 5 heteroatoms. The van der Waals surface area contributed by atoms with Gasteiger partial charge >= 0.3 is 5.97 Å². The highest BCUT2D eigenvalue weighted by atomic mass is 32.2. The molecule has 0 bridgehead atoms. The lowest BCUT2D eigenvalue weighted by atomic mass is 10.2. The minimum atomic E-state index is -3.36. The van der Waals surface area contributed by atoms with Gasteiger partial charge in [-0.1, -0.05) is 6.08 Å². The van der Waals surface area contributed by atoms with Gasteiger partial charge in [-0.3, -0.25) is 0 Å². The van der Waals surface area contributed by atoms with Crippen LogP contribution in [0.25, 0.3) is 0 Å². The number of hydrogen-bond donors (Lipinski definition) is 1. The van der Waals surface area contributed by atoms with Crippen LogP contribution in [0.2, 0.25) is 0 Å². The van der Waals surface area contributed by atoms with E-state index in [0.717, 1.165) is 0 Å². The molecule has 15 heavy (non-hydrogen) atoms. The van der Waals surface area contributed by atoms with Crippen molar-refractivity contribution in [2.24, 2.45) is 0 Å². The second-order valence-corrected chi connectivity index (χ2v) is 4.93. The molecule has 1 rings (SSSR count). The van der Waals surface area contributed by atoms with E-state index in [-0.39, 0.29) is 16.2 Å². The van der Waals surface area contributed by atoms with Crippen LogP contribution < -0.4 is 0 Å². The highest BCUT2D eigenvalue weighted by Gasteiger charge is 2.12. The van der Waals surface area contributed by atoms with Crippen molar-refractivity contribution in [1.82, 2.24) is 0 Å². The highest BCUT2D eigenvalue weighted by Crippen LogP contribution is 2.12. The van der Waals surface area contributed by atoms with Crippen LogP contribution >= 0.6 is 0 Å². The zero-order valence-electron chi connectivity index (χ0n) is 7.88. The first kappa shape index (κ1) is 11.5. The summed E-state index contributed by atoms with van der Waals surface area (Å²) in [4.78, 5) is 10.6. The van der Waals surface area contributed by atoms with E-state index in [9.17, 15) is 13.2 Å². The zero-order valence-corrected chi connectivity index (χ0v) is 8.70. The first-order chi connectivity index (χ1) is 6.97. The standard InChI is InChI=1S/C10H10O4S/c1-2-7-15(13,14)9-5-3-8(4-6-9)10(11)12/h2-6H,1,7H2,(H,11,12). The third-order valence-electron chi connectivity index (χ3n) is 1.80. The Morgan fingerprint density at radius 3 is 2.27 bits per heavy atom. The lowest BCUT2D eigenvalue weighted by molar-refractivity contribution is 0.0697. The van der Waals surface area contributed by atoms with Crippen LogP contribution in [0.1, 0.15) is 10.4 Å². The molecule has 0 atom stereocenters. The van der Waals surface area contributed by atoms with E-state index in [2.05, 4.69) is 6.58 Å². The molecule has 4 nitrogen and oxygen atoms in total. The fraction of sp³-hybridized carbons (Fsp3) is 0.100. The first-order valence-corrected chi connectivity index (χ1v) is 5.79. The number of benzene rings is 1. The molecule has 0 saturated carbocycles. The summed E-state index contributed by atoms with van der Waals surface area (Å²) < 4.78 is 23.0. The van der Waals surface area contributed by atoms with Gasteiger partial charge in [0.15, 0.2) is 9.84 Å². The first-order valence-electron chi connectivity index (χ1n) is 4.14. The van der Waals surface area contributed by atoms with E-state index < -0.39 is 15.8 Å². The summed E-state index contributed by atoms with van der Waals surface area (Å²) in [6, 6.07) is 5.08. The largest absolute Gasteiger partial charge is 0.478 e. The van der Waals surface area contributed by atoms with Gasteiger partial charge in [0.05, 0.1) is 16.2 Å². The number of rotatable bonds is 4. The molecular weight excluding hydrogens is 216 g/mol. The van der Waals surface area contributed by atoms with Gasteiger partial charge in [0.1, 0.15) is 0 Å². The van der Waals surface area contributed by atoms with Crippen LogP contribution in [-0.2, 0) is 9.84 Å². The Kier molecular flexibility index (Phi) is 3.26. The van der Waals surface area contributed by atoms with Crippen molar-refractivity contribution >= 4 is 15.8 Å². The van der Waals surface area contributed by atoms with E-state index in [0.29, 0.717) is 0 Å². The third kappa shape index (κ3) is 2.66. The molecule has 0 radical (unpaired) electrons. The molecule has 1 N–H and O–H groups in total. The van der Waals surface area contributed by atoms with Gasteiger partial charge in [0.25, 0.3) is 0 Å². The van der Waals surface area contributed by atoms with Crippen molar-refractivity contribution in [3.8, 4) is 0 Å². The Morgan fingerprint density at radius 2 is 1.87 bits per heavy atom. The molecule has 0 spiro atoms. The van der Waals surface area contributed by atoms with Gasteiger partial charge in [-0.15, -0.1) is 6.58 Å². The average molecular weight is 226 g/mol. The Hall–Kier alpha value is -1.62. The van der Waals surface area contributed by atoms with Gasteiger partial charge in [-0.2, -0.15) is 0 Å². The number of sulfone groups is 1. The summed E-state index contributed by atoms with van der Waals surface area (Å²) in [6.07, 6.45) is 1.29. The highest BCUT2D eigenvalue weighted by molar-refractivity contribution is 7.91. The molecule has 80 valence electrons. The second kappa shape index (κ2) is 4.27. The molecule has 0 saturated heterocycles. The van der Waals surface area contributed by atoms with Crippen LogP contribution in [0.5, 0.6) is 0 Å². The summed E-state index contributed by atoms with van der Waals surface area (Å²) >= 11 is 0. The molecule has 0 aliphatic heterocycles. The van der Waals surface area contributed by atoms with Gasteiger partial charge < -0.3 is 5.11 Å². The summed E-state index contributed by atoms with van der Waals surface area (Å²) in [5.74, 6) is -1.23. The maximum Gasteiger partial charge on any atom is 0.335 e. The summed E-state index contributed by atoms with van der Waals surface area (Å²) in [5, 5.41) is 8.62. The minimum Gasteiger partial charge on any atom is -0.478 e. The quantitative estimate of drug-likeness (QED) is 0.786.